The van der Waals surface area contributed by atoms with Crippen molar-refractivity contribution in [2.45, 2.75) is 6.92 Å². The number of carbonyl (C=O) groups is 1. The van der Waals surface area contributed by atoms with Crippen molar-refractivity contribution < 1.29 is 13.6 Å². The van der Waals surface area contributed by atoms with Gasteiger partial charge in [0.2, 0.25) is 0 Å². The largest absolute Gasteiger partial charge is 0.288 e. The molecule has 19 heavy (non-hydrogen) atoms. The molecule has 2 aromatic rings. The van der Waals surface area contributed by atoms with E-state index in [4.69, 9.17) is 0 Å². The lowest BCUT2D eigenvalue weighted by atomic mass is 10.0. The molecule has 0 aliphatic rings. The Bertz CT molecular complexity index is 669. The first-order valence-electron chi connectivity index (χ1n) is 5.36. The molecule has 0 aliphatic carbocycles. The van der Waals surface area contributed by atoms with Crippen molar-refractivity contribution in [3.8, 4) is 0 Å². The zero-order chi connectivity index (χ0) is 14.2. The summed E-state index contributed by atoms with van der Waals surface area (Å²) in [5.74, 6) is -2.45. The van der Waals surface area contributed by atoms with E-state index in [1.165, 1.54) is 6.07 Å². The van der Waals surface area contributed by atoms with Crippen molar-refractivity contribution in [3.63, 3.8) is 0 Å². The quantitative estimate of drug-likeness (QED) is 0.520. The number of hydrogen-bond acceptors (Lipinski definition) is 1. The molecule has 0 aromatic heterocycles. The van der Waals surface area contributed by atoms with E-state index in [0.717, 1.165) is 11.6 Å². The van der Waals surface area contributed by atoms with E-state index < -0.39 is 23.0 Å². The van der Waals surface area contributed by atoms with E-state index in [0.29, 0.717) is 4.47 Å². The Labute approximate surface area is 125 Å². The Balaban J connectivity index is 2.63. The Kier molecular flexibility index (Phi) is 4.16. The second kappa shape index (κ2) is 5.51. The van der Waals surface area contributed by atoms with Crippen molar-refractivity contribution >= 4 is 37.6 Å². The molecule has 0 amide bonds. The molecule has 0 radical (unpaired) electrons. The highest BCUT2D eigenvalue weighted by atomic mass is 79.9. The van der Waals surface area contributed by atoms with E-state index in [1.807, 2.05) is 0 Å². The Morgan fingerprint density at radius 2 is 1.68 bits per heavy atom. The lowest BCUT2D eigenvalue weighted by Gasteiger charge is -2.08. The number of carbonyl (C=O) groups excluding carboxylic acids is 1. The van der Waals surface area contributed by atoms with E-state index in [-0.39, 0.29) is 10.0 Å². The molecular weight excluding hydrogens is 382 g/mol. The van der Waals surface area contributed by atoms with Crippen LogP contribution in [0.5, 0.6) is 0 Å². The van der Waals surface area contributed by atoms with Gasteiger partial charge in [-0.25, -0.2) is 8.78 Å². The number of hydrogen-bond donors (Lipinski definition) is 0. The van der Waals surface area contributed by atoms with Crippen molar-refractivity contribution in [1.82, 2.24) is 0 Å². The van der Waals surface area contributed by atoms with Crippen LogP contribution in [0.25, 0.3) is 0 Å². The van der Waals surface area contributed by atoms with Crippen molar-refractivity contribution in [3.05, 3.63) is 67.6 Å². The summed E-state index contributed by atoms with van der Waals surface area (Å²) in [6.07, 6.45) is 0. The third-order valence-corrected chi connectivity index (χ3v) is 3.94. The molecule has 2 aromatic carbocycles. The summed E-state index contributed by atoms with van der Waals surface area (Å²) in [6, 6.07) is 7.36. The maximum Gasteiger partial charge on any atom is 0.200 e. The van der Waals surface area contributed by atoms with Gasteiger partial charge in [-0.2, -0.15) is 0 Å². The van der Waals surface area contributed by atoms with Crippen molar-refractivity contribution in [2.75, 3.05) is 0 Å². The zero-order valence-corrected chi connectivity index (χ0v) is 13.0. The molecule has 0 bridgehead atoms. The molecule has 0 heterocycles. The van der Waals surface area contributed by atoms with Gasteiger partial charge in [0.05, 0.1) is 10.0 Å². The third-order valence-electron chi connectivity index (χ3n) is 2.64. The molecule has 0 aliphatic heterocycles. The monoisotopic (exact) mass is 388 g/mol. The van der Waals surface area contributed by atoms with Crippen LogP contribution in [0.4, 0.5) is 8.78 Å². The van der Waals surface area contributed by atoms with Gasteiger partial charge in [-0.15, -0.1) is 0 Å². The van der Waals surface area contributed by atoms with Crippen LogP contribution in [-0.2, 0) is 0 Å². The molecule has 5 heteroatoms. The Hall–Kier alpha value is -1.07. The van der Waals surface area contributed by atoms with Crippen LogP contribution in [0, 0.1) is 18.6 Å². The predicted molar refractivity (Wildman–Crippen MR) is 76.4 cm³/mol. The van der Waals surface area contributed by atoms with E-state index in [2.05, 4.69) is 31.9 Å². The van der Waals surface area contributed by atoms with Gasteiger partial charge in [0.15, 0.2) is 11.6 Å². The molecule has 0 fully saturated rings. The molecule has 2 rings (SSSR count). The molecule has 0 N–H and O–H groups in total. The van der Waals surface area contributed by atoms with Crippen LogP contribution < -0.4 is 0 Å². The topological polar surface area (TPSA) is 17.1 Å². The van der Waals surface area contributed by atoms with Crippen LogP contribution in [-0.4, -0.2) is 5.78 Å². The first kappa shape index (κ1) is 14.3. The minimum atomic E-state index is -0.890. The van der Waals surface area contributed by atoms with Crippen LogP contribution in [0.3, 0.4) is 0 Å². The van der Waals surface area contributed by atoms with Crippen LogP contribution >= 0.6 is 31.9 Å². The van der Waals surface area contributed by atoms with E-state index in [9.17, 15) is 13.6 Å². The van der Waals surface area contributed by atoms with Gasteiger partial charge in [0.25, 0.3) is 0 Å². The van der Waals surface area contributed by atoms with Gasteiger partial charge >= 0.3 is 0 Å². The summed E-state index contributed by atoms with van der Waals surface area (Å²) in [4.78, 5) is 12.3. The van der Waals surface area contributed by atoms with E-state index >= 15 is 0 Å². The van der Waals surface area contributed by atoms with Gasteiger partial charge in [0, 0.05) is 10.0 Å². The maximum absolute atomic E-state index is 13.9. The van der Waals surface area contributed by atoms with Crippen LogP contribution in [0.15, 0.2) is 39.3 Å². The normalized spacial score (nSPS) is 10.6. The third kappa shape index (κ3) is 2.77. The molecule has 0 unspecified atom stereocenters. The average Bonchev–Trinajstić information content (AvgIpc) is 2.37. The number of rotatable bonds is 2. The van der Waals surface area contributed by atoms with Gasteiger partial charge in [-0.3, -0.25) is 4.79 Å². The lowest BCUT2D eigenvalue weighted by Crippen LogP contribution is -2.09. The van der Waals surface area contributed by atoms with Gasteiger partial charge in [-0.1, -0.05) is 27.6 Å². The summed E-state index contributed by atoms with van der Waals surface area (Å²) < 4.78 is 28.2. The maximum atomic E-state index is 13.9. The molecule has 0 atom stereocenters. The summed E-state index contributed by atoms with van der Waals surface area (Å²) in [5, 5.41) is 0. The minimum Gasteiger partial charge on any atom is -0.288 e. The predicted octanol–water partition coefficient (Wildman–Crippen LogP) is 5.03. The lowest BCUT2D eigenvalue weighted by molar-refractivity contribution is 0.103. The highest BCUT2D eigenvalue weighted by Crippen LogP contribution is 2.27. The number of halogens is 4. The van der Waals surface area contributed by atoms with Gasteiger partial charge in [-0.05, 0) is 47.1 Å². The summed E-state index contributed by atoms with van der Waals surface area (Å²) >= 11 is 6.17. The number of ketones is 1. The molecule has 98 valence electrons. The molecule has 1 nitrogen and oxygen atoms in total. The molecular formula is C14H8Br2F2O. The molecule has 0 saturated heterocycles. The zero-order valence-electron chi connectivity index (χ0n) is 9.81. The van der Waals surface area contributed by atoms with E-state index in [1.54, 1.807) is 25.1 Å². The highest BCUT2D eigenvalue weighted by molar-refractivity contribution is 9.10. The first-order valence-corrected chi connectivity index (χ1v) is 6.94. The summed E-state index contributed by atoms with van der Waals surface area (Å²) in [7, 11) is 0. The Morgan fingerprint density at radius 3 is 2.37 bits per heavy atom. The fourth-order valence-corrected chi connectivity index (χ4v) is 2.44. The second-order valence-corrected chi connectivity index (χ2v) is 5.74. The minimum absolute atomic E-state index is 0.0565. The van der Waals surface area contributed by atoms with Crippen LogP contribution in [0.1, 0.15) is 21.5 Å². The van der Waals surface area contributed by atoms with Crippen molar-refractivity contribution in [1.29, 1.82) is 0 Å². The highest BCUT2D eigenvalue weighted by Gasteiger charge is 2.22. The summed E-state index contributed by atoms with van der Waals surface area (Å²) in [5.41, 5.74) is 0.513. The fourth-order valence-electron chi connectivity index (χ4n) is 1.68. The first-order chi connectivity index (χ1) is 8.91. The summed E-state index contributed by atoms with van der Waals surface area (Å²) in [6.45, 7) is 1.80. The number of aryl methyl sites for hydroxylation is 1. The molecule has 0 saturated carbocycles. The number of benzene rings is 2. The van der Waals surface area contributed by atoms with Gasteiger partial charge in [0.1, 0.15) is 5.82 Å². The Morgan fingerprint density at radius 1 is 1.05 bits per heavy atom. The smallest absolute Gasteiger partial charge is 0.200 e. The average molecular weight is 390 g/mol. The second-order valence-electron chi connectivity index (χ2n) is 4.03. The molecule has 0 spiro atoms. The standard InChI is InChI=1S/C14H8Br2F2O/c1-7-2-3-9(15)8(6-7)14(19)12-11(17)5-4-10(16)13(12)18/h2-6H,1H3. The van der Waals surface area contributed by atoms with Crippen molar-refractivity contribution in [2.24, 2.45) is 0 Å². The fraction of sp³-hybridized carbons (Fsp3) is 0.0714. The van der Waals surface area contributed by atoms with Crippen LogP contribution in [0.2, 0.25) is 0 Å². The SMILES string of the molecule is Cc1ccc(Br)c(C(=O)c2c(F)ccc(Br)c2F)c1. The van der Waals surface area contributed by atoms with Gasteiger partial charge < -0.3 is 0 Å².